The van der Waals surface area contributed by atoms with E-state index in [1.807, 2.05) is 46.7 Å². The first-order valence-electron chi connectivity index (χ1n) is 12.1. The summed E-state index contributed by atoms with van der Waals surface area (Å²) in [6, 6.07) is 17.4. The lowest BCUT2D eigenvalue weighted by molar-refractivity contribution is -0.137. The number of nitrogens with zero attached hydrogens (tertiary/aromatic N) is 2. The van der Waals surface area contributed by atoms with Gasteiger partial charge in [-0.25, -0.2) is 0 Å². The molecular formula is C28H30N2O4S. The maximum absolute atomic E-state index is 13.4. The number of amides is 2. The lowest BCUT2D eigenvalue weighted by Crippen LogP contribution is -2.44. The van der Waals surface area contributed by atoms with Gasteiger partial charge in [0.15, 0.2) is 11.9 Å². The lowest BCUT2D eigenvalue weighted by atomic mass is 9.87. The van der Waals surface area contributed by atoms with E-state index in [2.05, 4.69) is 31.2 Å². The first kappa shape index (κ1) is 23.5. The van der Waals surface area contributed by atoms with Crippen LogP contribution in [0.15, 0.2) is 65.3 Å². The summed E-state index contributed by atoms with van der Waals surface area (Å²) >= 11 is 1.87. The average Bonchev–Trinajstić information content (AvgIpc) is 3.43. The van der Waals surface area contributed by atoms with Gasteiger partial charge in [0.25, 0.3) is 11.8 Å². The first-order valence-corrected chi connectivity index (χ1v) is 13.2. The Balaban J connectivity index is 1.47. The van der Waals surface area contributed by atoms with Gasteiger partial charge in [0.05, 0.1) is 12.3 Å². The predicted octanol–water partition coefficient (Wildman–Crippen LogP) is 4.72. The van der Waals surface area contributed by atoms with Crippen LogP contribution in [-0.2, 0) is 11.2 Å². The van der Waals surface area contributed by atoms with Gasteiger partial charge in [-0.3, -0.25) is 9.59 Å². The minimum atomic E-state index is -0.571. The van der Waals surface area contributed by atoms with E-state index in [9.17, 15) is 9.59 Å². The molecule has 0 saturated carbocycles. The molecule has 0 aliphatic carbocycles. The molecule has 0 N–H and O–H groups in total. The van der Waals surface area contributed by atoms with Crippen LogP contribution in [0, 0.1) is 6.92 Å². The highest BCUT2D eigenvalue weighted by Crippen LogP contribution is 2.38. The average molecular weight is 491 g/mol. The number of thioether (sulfide) groups is 1. The molecule has 0 unspecified atom stereocenters. The van der Waals surface area contributed by atoms with Gasteiger partial charge in [0, 0.05) is 31.1 Å². The number of rotatable bonds is 5. The van der Waals surface area contributed by atoms with Crippen molar-refractivity contribution in [3.63, 3.8) is 0 Å². The summed E-state index contributed by atoms with van der Waals surface area (Å²) in [5.41, 5.74) is 4.37. The third kappa shape index (κ3) is 4.96. The molecule has 7 heteroatoms. The summed E-state index contributed by atoms with van der Waals surface area (Å²) in [4.78, 5) is 30.1. The number of carbonyl (C=O) groups excluding carboxylic acids is 2. The third-order valence-electron chi connectivity index (χ3n) is 6.68. The van der Waals surface area contributed by atoms with E-state index in [1.165, 1.54) is 11.8 Å². The van der Waals surface area contributed by atoms with Gasteiger partial charge in [-0.2, -0.15) is 11.8 Å². The van der Waals surface area contributed by atoms with Crippen molar-refractivity contribution in [2.45, 2.75) is 32.4 Å². The van der Waals surface area contributed by atoms with Gasteiger partial charge in [0.1, 0.15) is 5.75 Å². The number of hydrogen-bond acceptors (Lipinski definition) is 5. The normalized spacial score (nSPS) is 18.6. The first-order chi connectivity index (χ1) is 17.0. The Hall–Kier alpha value is -3.19. The fraction of sp³-hybridized carbons (Fsp3) is 0.357. The zero-order valence-electron chi connectivity index (χ0n) is 20.1. The smallest absolute Gasteiger partial charge is 0.290 e. The van der Waals surface area contributed by atoms with Crippen LogP contribution in [-0.4, -0.2) is 58.9 Å². The summed E-state index contributed by atoms with van der Waals surface area (Å²) in [6.07, 6.45) is 1.70. The van der Waals surface area contributed by atoms with Crippen molar-refractivity contribution in [1.82, 2.24) is 9.80 Å². The highest BCUT2D eigenvalue weighted by atomic mass is 32.2. The summed E-state index contributed by atoms with van der Waals surface area (Å²) < 4.78 is 11.6. The number of aryl methyl sites for hydroxylation is 1. The van der Waals surface area contributed by atoms with Gasteiger partial charge < -0.3 is 19.0 Å². The molecule has 5 rings (SSSR count). The Morgan fingerprint density at radius 3 is 2.63 bits per heavy atom. The number of carbonyl (C=O) groups is 2. The summed E-state index contributed by atoms with van der Waals surface area (Å²) in [7, 11) is 0. The fourth-order valence-corrected chi connectivity index (χ4v) is 5.83. The second-order valence-corrected chi connectivity index (χ2v) is 10.3. The molecule has 2 aromatic carbocycles. The van der Waals surface area contributed by atoms with E-state index in [1.54, 1.807) is 12.1 Å². The molecule has 2 aliphatic rings. The minimum Gasteiger partial charge on any atom is -0.481 e. The van der Waals surface area contributed by atoms with E-state index < -0.39 is 6.10 Å². The molecule has 3 heterocycles. The molecular weight excluding hydrogens is 460 g/mol. The number of benzene rings is 2. The largest absolute Gasteiger partial charge is 0.481 e. The maximum atomic E-state index is 13.4. The van der Waals surface area contributed by atoms with Gasteiger partial charge >= 0.3 is 0 Å². The molecule has 1 fully saturated rings. The van der Waals surface area contributed by atoms with Crippen molar-refractivity contribution in [3.05, 3.63) is 88.9 Å². The second-order valence-electron chi connectivity index (χ2n) is 9.10. The Labute approximate surface area is 210 Å². The third-order valence-corrected chi connectivity index (χ3v) is 7.62. The number of hydrogen-bond donors (Lipinski definition) is 0. The van der Waals surface area contributed by atoms with Gasteiger partial charge in [-0.1, -0.05) is 35.9 Å². The maximum Gasteiger partial charge on any atom is 0.290 e. The van der Waals surface area contributed by atoms with Crippen molar-refractivity contribution < 1.29 is 18.7 Å². The van der Waals surface area contributed by atoms with Crippen LogP contribution in [0.4, 0.5) is 0 Å². The molecule has 0 bridgehead atoms. The molecule has 1 aromatic heterocycles. The van der Waals surface area contributed by atoms with Crippen LogP contribution in [0.3, 0.4) is 0 Å². The Bertz CT molecular complexity index is 1200. The Morgan fingerprint density at radius 1 is 1.06 bits per heavy atom. The van der Waals surface area contributed by atoms with E-state index in [0.717, 1.165) is 47.7 Å². The molecule has 3 aromatic rings. The quantitative estimate of drug-likeness (QED) is 0.518. The van der Waals surface area contributed by atoms with Crippen molar-refractivity contribution in [3.8, 4) is 5.75 Å². The van der Waals surface area contributed by atoms with Crippen molar-refractivity contribution >= 4 is 23.6 Å². The highest BCUT2D eigenvalue weighted by molar-refractivity contribution is 7.99. The van der Waals surface area contributed by atoms with E-state index >= 15 is 0 Å². The lowest BCUT2D eigenvalue weighted by Gasteiger charge is -2.37. The highest BCUT2D eigenvalue weighted by Gasteiger charge is 2.34. The van der Waals surface area contributed by atoms with Crippen LogP contribution in [0.5, 0.6) is 5.75 Å². The molecule has 35 heavy (non-hydrogen) atoms. The van der Waals surface area contributed by atoms with Crippen molar-refractivity contribution in [2.75, 3.05) is 31.1 Å². The van der Waals surface area contributed by atoms with Crippen molar-refractivity contribution in [1.29, 1.82) is 0 Å². The molecule has 0 spiro atoms. The summed E-state index contributed by atoms with van der Waals surface area (Å²) in [6.45, 7) is 5.99. The zero-order chi connectivity index (χ0) is 24.4. The minimum absolute atomic E-state index is 0.0212. The fourth-order valence-electron chi connectivity index (χ4n) is 4.92. The SMILES string of the molecule is Cc1cccc([C@H]2c3cc(O[C@@H](C)C(=O)N4CCSCC4)ccc3CCN2C(=O)c2ccco2)c1. The summed E-state index contributed by atoms with van der Waals surface area (Å²) in [5.74, 6) is 2.79. The van der Waals surface area contributed by atoms with Gasteiger partial charge in [-0.05, 0) is 61.2 Å². The molecule has 182 valence electrons. The van der Waals surface area contributed by atoms with Gasteiger partial charge in [-0.15, -0.1) is 0 Å². The van der Waals surface area contributed by atoms with Crippen LogP contribution in [0.2, 0.25) is 0 Å². The standard InChI is InChI=1S/C28H30N2O4S/c1-19-5-3-6-22(17-19)26-24-18-23(34-20(2)27(31)29-12-15-35-16-13-29)9-8-21(24)10-11-30(26)28(32)25-7-4-14-33-25/h3-9,14,17-18,20,26H,10-13,15-16H2,1-2H3/t20-,26-/m0/s1. The van der Waals surface area contributed by atoms with Gasteiger partial charge in [0.2, 0.25) is 0 Å². The Morgan fingerprint density at radius 2 is 1.89 bits per heavy atom. The number of ether oxygens (including phenoxy) is 1. The van der Waals surface area contributed by atoms with Crippen LogP contribution in [0.25, 0.3) is 0 Å². The molecule has 1 saturated heterocycles. The monoisotopic (exact) mass is 490 g/mol. The van der Waals surface area contributed by atoms with E-state index in [4.69, 9.17) is 9.15 Å². The Kier molecular flexibility index (Phi) is 6.86. The second kappa shape index (κ2) is 10.2. The van der Waals surface area contributed by atoms with Crippen molar-refractivity contribution in [2.24, 2.45) is 0 Å². The molecule has 2 aliphatic heterocycles. The molecule has 2 amide bonds. The van der Waals surface area contributed by atoms with E-state index in [0.29, 0.717) is 18.1 Å². The zero-order valence-corrected chi connectivity index (χ0v) is 20.9. The van der Waals surface area contributed by atoms with Crippen LogP contribution in [0.1, 0.15) is 45.8 Å². The molecule has 6 nitrogen and oxygen atoms in total. The molecule has 2 atom stereocenters. The molecule has 0 radical (unpaired) electrons. The topological polar surface area (TPSA) is 63.0 Å². The summed E-state index contributed by atoms with van der Waals surface area (Å²) in [5, 5.41) is 0. The van der Waals surface area contributed by atoms with E-state index in [-0.39, 0.29) is 17.9 Å². The predicted molar refractivity (Wildman–Crippen MR) is 137 cm³/mol. The van der Waals surface area contributed by atoms with Crippen LogP contribution < -0.4 is 4.74 Å². The number of fused-ring (bicyclic) bond motifs is 1. The van der Waals surface area contributed by atoms with Crippen LogP contribution >= 0.6 is 11.8 Å². The number of furan rings is 1.